The summed E-state index contributed by atoms with van der Waals surface area (Å²) in [7, 11) is 0. The molecule has 69 valence electrons. The third kappa shape index (κ3) is 2.74. The smallest absolute Gasteiger partial charge is 0.304 e. The molecule has 1 rings (SSSR count). The Hall–Kier alpha value is -1.02. The van der Waals surface area contributed by atoms with Crippen LogP contribution in [0.4, 0.5) is 0 Å². The SMILES string of the molecule is [CH2]C(Cl)(OC(C)=O)c1ccccc1. The third-order valence-corrected chi connectivity index (χ3v) is 1.81. The lowest BCUT2D eigenvalue weighted by atomic mass is 10.1. The lowest BCUT2D eigenvalue weighted by Crippen LogP contribution is -2.21. The first-order valence-electron chi connectivity index (χ1n) is 3.82. The Morgan fingerprint density at radius 3 is 2.46 bits per heavy atom. The molecule has 0 saturated carbocycles. The van der Waals surface area contributed by atoms with Gasteiger partial charge < -0.3 is 4.74 Å². The van der Waals surface area contributed by atoms with Crippen LogP contribution >= 0.6 is 11.6 Å². The van der Waals surface area contributed by atoms with Crippen molar-refractivity contribution in [3.63, 3.8) is 0 Å². The molecule has 2 nitrogen and oxygen atoms in total. The van der Waals surface area contributed by atoms with Crippen LogP contribution in [0.3, 0.4) is 0 Å². The average molecular weight is 198 g/mol. The molecule has 0 N–H and O–H groups in total. The maximum atomic E-state index is 10.7. The van der Waals surface area contributed by atoms with Crippen molar-refractivity contribution in [3.8, 4) is 0 Å². The first-order valence-corrected chi connectivity index (χ1v) is 4.19. The number of rotatable bonds is 2. The van der Waals surface area contributed by atoms with Crippen molar-refractivity contribution in [1.82, 2.24) is 0 Å². The molecule has 1 unspecified atom stereocenters. The molecule has 0 saturated heterocycles. The van der Waals surface area contributed by atoms with E-state index in [1.54, 1.807) is 24.3 Å². The van der Waals surface area contributed by atoms with Crippen molar-refractivity contribution in [2.75, 3.05) is 0 Å². The molecule has 0 amide bonds. The van der Waals surface area contributed by atoms with Gasteiger partial charge in [-0.15, -0.1) is 0 Å². The summed E-state index contributed by atoms with van der Waals surface area (Å²) in [6.45, 7) is 4.90. The van der Waals surface area contributed by atoms with E-state index in [0.717, 1.165) is 0 Å². The first-order chi connectivity index (χ1) is 6.02. The van der Waals surface area contributed by atoms with Gasteiger partial charge in [-0.1, -0.05) is 41.9 Å². The van der Waals surface area contributed by atoms with E-state index in [1.165, 1.54) is 6.92 Å². The molecule has 0 aromatic heterocycles. The number of carbonyl (C=O) groups excluding carboxylic acids is 1. The minimum atomic E-state index is -1.31. The highest BCUT2D eigenvalue weighted by atomic mass is 35.5. The molecule has 0 bridgehead atoms. The minimum Gasteiger partial charge on any atom is -0.439 e. The Bertz CT molecular complexity index is 293. The van der Waals surface area contributed by atoms with E-state index in [9.17, 15) is 4.79 Å². The van der Waals surface area contributed by atoms with Gasteiger partial charge in [0.05, 0.1) is 0 Å². The Balaban J connectivity index is 2.87. The summed E-state index contributed by atoms with van der Waals surface area (Å²) in [6.07, 6.45) is 0. The van der Waals surface area contributed by atoms with Crippen molar-refractivity contribution < 1.29 is 9.53 Å². The number of carbonyl (C=O) groups is 1. The molecule has 1 atom stereocenters. The van der Waals surface area contributed by atoms with Gasteiger partial charge in [0, 0.05) is 19.4 Å². The lowest BCUT2D eigenvalue weighted by molar-refractivity contribution is -0.147. The molecule has 3 heteroatoms. The van der Waals surface area contributed by atoms with Crippen molar-refractivity contribution in [1.29, 1.82) is 0 Å². The predicted octanol–water partition coefficient (Wildman–Crippen LogP) is 2.48. The molecular weight excluding hydrogens is 188 g/mol. The van der Waals surface area contributed by atoms with Crippen LogP contribution in [0.15, 0.2) is 30.3 Å². The molecule has 0 aliphatic heterocycles. The Morgan fingerprint density at radius 2 is 2.00 bits per heavy atom. The first kappa shape index (κ1) is 10.1. The van der Waals surface area contributed by atoms with E-state index in [-0.39, 0.29) is 0 Å². The number of hydrogen-bond acceptors (Lipinski definition) is 2. The maximum absolute atomic E-state index is 10.7. The maximum Gasteiger partial charge on any atom is 0.304 e. The molecule has 13 heavy (non-hydrogen) atoms. The van der Waals surface area contributed by atoms with Gasteiger partial charge in [-0.05, 0) is 0 Å². The van der Waals surface area contributed by atoms with Crippen LogP contribution in [0.25, 0.3) is 0 Å². The van der Waals surface area contributed by atoms with Crippen molar-refractivity contribution >= 4 is 17.6 Å². The number of halogens is 1. The summed E-state index contributed by atoms with van der Waals surface area (Å²) in [6, 6.07) is 8.97. The summed E-state index contributed by atoms with van der Waals surface area (Å²) in [5, 5.41) is -1.31. The van der Waals surface area contributed by atoms with E-state index < -0.39 is 11.0 Å². The predicted molar refractivity (Wildman–Crippen MR) is 51.1 cm³/mol. The lowest BCUT2D eigenvalue weighted by Gasteiger charge is -2.21. The second-order valence-electron chi connectivity index (χ2n) is 2.69. The molecule has 0 heterocycles. The van der Waals surface area contributed by atoms with E-state index in [4.69, 9.17) is 16.3 Å². The fourth-order valence-electron chi connectivity index (χ4n) is 0.974. The van der Waals surface area contributed by atoms with Gasteiger partial charge >= 0.3 is 5.97 Å². The van der Waals surface area contributed by atoms with E-state index in [0.29, 0.717) is 5.56 Å². The molecular formula is C10H10ClO2. The number of alkyl halides is 1. The number of ether oxygens (including phenoxy) is 1. The second kappa shape index (κ2) is 3.79. The molecule has 1 aromatic rings. The van der Waals surface area contributed by atoms with Crippen LogP contribution in [0, 0.1) is 6.92 Å². The minimum absolute atomic E-state index is 0.450. The molecule has 0 spiro atoms. The van der Waals surface area contributed by atoms with Crippen LogP contribution in [-0.4, -0.2) is 5.97 Å². The topological polar surface area (TPSA) is 26.3 Å². The van der Waals surface area contributed by atoms with E-state index in [2.05, 4.69) is 6.92 Å². The quantitative estimate of drug-likeness (QED) is 0.538. The Morgan fingerprint density at radius 1 is 1.46 bits per heavy atom. The standard InChI is InChI=1S/C10H10ClO2/c1-8(12)13-10(2,11)9-6-4-3-5-7-9/h3-7H,2H2,1H3. The summed E-state index contributed by atoms with van der Waals surface area (Å²) < 4.78 is 4.84. The van der Waals surface area contributed by atoms with Gasteiger partial charge in [0.1, 0.15) is 0 Å². The normalized spacial score (nSPS) is 14.7. The molecule has 1 radical (unpaired) electrons. The number of benzene rings is 1. The fraction of sp³-hybridized carbons (Fsp3) is 0.200. The average Bonchev–Trinajstić information content (AvgIpc) is 2.04. The summed E-state index contributed by atoms with van der Waals surface area (Å²) in [5.41, 5.74) is 0.659. The highest BCUT2D eigenvalue weighted by Crippen LogP contribution is 2.29. The van der Waals surface area contributed by atoms with Gasteiger partial charge in [0.25, 0.3) is 0 Å². The van der Waals surface area contributed by atoms with Gasteiger partial charge in [0.2, 0.25) is 5.06 Å². The zero-order valence-electron chi connectivity index (χ0n) is 7.29. The third-order valence-electron chi connectivity index (χ3n) is 1.51. The zero-order chi connectivity index (χ0) is 9.90. The summed E-state index contributed by atoms with van der Waals surface area (Å²) in [5.74, 6) is -0.450. The Kier molecular flexibility index (Phi) is 2.94. The molecule has 0 fully saturated rings. The molecule has 0 aliphatic rings. The highest BCUT2D eigenvalue weighted by molar-refractivity contribution is 6.24. The highest BCUT2D eigenvalue weighted by Gasteiger charge is 2.26. The van der Waals surface area contributed by atoms with Crippen LogP contribution in [0.1, 0.15) is 12.5 Å². The van der Waals surface area contributed by atoms with Crippen LogP contribution in [0.5, 0.6) is 0 Å². The van der Waals surface area contributed by atoms with Crippen LogP contribution in [-0.2, 0) is 14.6 Å². The molecule has 1 aromatic carbocycles. The van der Waals surface area contributed by atoms with Gasteiger partial charge in [-0.2, -0.15) is 0 Å². The van der Waals surface area contributed by atoms with Gasteiger partial charge in [-0.3, -0.25) is 4.79 Å². The summed E-state index contributed by atoms with van der Waals surface area (Å²) >= 11 is 5.90. The van der Waals surface area contributed by atoms with E-state index >= 15 is 0 Å². The van der Waals surface area contributed by atoms with Gasteiger partial charge in [0.15, 0.2) is 0 Å². The van der Waals surface area contributed by atoms with Crippen molar-refractivity contribution in [2.24, 2.45) is 0 Å². The van der Waals surface area contributed by atoms with Crippen molar-refractivity contribution in [3.05, 3.63) is 42.8 Å². The summed E-state index contributed by atoms with van der Waals surface area (Å²) in [4.78, 5) is 10.7. The van der Waals surface area contributed by atoms with E-state index in [1.807, 2.05) is 6.07 Å². The monoisotopic (exact) mass is 197 g/mol. The van der Waals surface area contributed by atoms with Gasteiger partial charge in [-0.25, -0.2) is 0 Å². The van der Waals surface area contributed by atoms with Crippen molar-refractivity contribution in [2.45, 2.75) is 12.0 Å². The van der Waals surface area contributed by atoms with Crippen LogP contribution < -0.4 is 0 Å². The number of esters is 1. The Labute approximate surface area is 82.5 Å². The molecule has 0 aliphatic carbocycles. The second-order valence-corrected chi connectivity index (χ2v) is 3.30. The largest absolute Gasteiger partial charge is 0.439 e. The zero-order valence-corrected chi connectivity index (χ0v) is 8.04. The van der Waals surface area contributed by atoms with Crippen LogP contribution in [0.2, 0.25) is 0 Å². The fourth-order valence-corrected chi connectivity index (χ4v) is 1.21. The number of hydrogen-bond donors (Lipinski definition) is 0.